The molecule has 0 saturated carbocycles. The number of hydrogen-bond acceptors (Lipinski definition) is 6. The zero-order chi connectivity index (χ0) is 15.4. The minimum atomic E-state index is -1.17. The molecule has 0 unspecified atom stereocenters. The first-order chi connectivity index (χ1) is 10.1. The van der Waals surface area contributed by atoms with Gasteiger partial charge in [-0.1, -0.05) is 0 Å². The van der Waals surface area contributed by atoms with Crippen molar-refractivity contribution < 1.29 is 19.4 Å². The normalized spacial score (nSPS) is 9.71. The van der Waals surface area contributed by atoms with Crippen molar-refractivity contribution >= 4 is 11.7 Å². The quantitative estimate of drug-likeness (QED) is 0.882. The zero-order valence-electron chi connectivity index (χ0n) is 11.0. The van der Waals surface area contributed by atoms with Gasteiger partial charge in [-0.05, 0) is 18.2 Å². The van der Waals surface area contributed by atoms with Crippen LogP contribution in [-0.4, -0.2) is 23.2 Å². The number of nitrogens with zero attached hydrogens (tertiary/aromatic N) is 2. The maximum absolute atomic E-state index is 11.0. The van der Waals surface area contributed by atoms with E-state index in [9.17, 15) is 4.79 Å². The summed E-state index contributed by atoms with van der Waals surface area (Å²) in [5.41, 5.74) is 5.93. The van der Waals surface area contributed by atoms with Crippen LogP contribution < -0.4 is 15.2 Å². The van der Waals surface area contributed by atoms with Gasteiger partial charge in [0.25, 0.3) is 0 Å². The Bertz CT molecular complexity index is 737. The number of carbonyl (C=O) groups is 1. The number of nitrogens with two attached hydrogens (primary N) is 1. The van der Waals surface area contributed by atoms with E-state index < -0.39 is 5.97 Å². The van der Waals surface area contributed by atoms with E-state index in [1.165, 1.54) is 37.6 Å². The van der Waals surface area contributed by atoms with Crippen molar-refractivity contribution in [2.75, 3.05) is 12.8 Å². The second kappa shape index (κ2) is 5.79. The molecule has 2 rings (SSSR count). The Balaban J connectivity index is 2.41. The fourth-order valence-electron chi connectivity index (χ4n) is 1.65. The van der Waals surface area contributed by atoms with Crippen molar-refractivity contribution in [2.24, 2.45) is 0 Å². The number of nitriles is 1. The van der Waals surface area contributed by atoms with E-state index in [-0.39, 0.29) is 22.9 Å². The Morgan fingerprint density at radius 1 is 1.38 bits per heavy atom. The molecular weight excluding hydrogens is 274 g/mol. The summed E-state index contributed by atoms with van der Waals surface area (Å²) in [6, 6.07) is 7.80. The Morgan fingerprint density at radius 3 is 2.76 bits per heavy atom. The van der Waals surface area contributed by atoms with E-state index >= 15 is 0 Å². The first kappa shape index (κ1) is 14.1. The number of aromatic nitrogens is 1. The third-order valence-corrected chi connectivity index (χ3v) is 2.68. The molecule has 0 amide bonds. The van der Waals surface area contributed by atoms with E-state index in [2.05, 4.69) is 4.98 Å². The van der Waals surface area contributed by atoms with Gasteiger partial charge in [0.2, 0.25) is 5.88 Å². The highest BCUT2D eigenvalue weighted by Crippen LogP contribution is 2.34. The Hall–Kier alpha value is -3.27. The molecule has 0 spiro atoms. The molecule has 0 atom stereocenters. The number of rotatable bonds is 4. The molecule has 0 fully saturated rings. The van der Waals surface area contributed by atoms with Crippen LogP contribution in [0.2, 0.25) is 0 Å². The summed E-state index contributed by atoms with van der Waals surface area (Å²) < 4.78 is 10.6. The molecule has 7 heteroatoms. The lowest BCUT2D eigenvalue weighted by atomic mass is 10.2. The van der Waals surface area contributed by atoms with E-state index in [0.717, 1.165) is 0 Å². The van der Waals surface area contributed by atoms with Crippen LogP contribution in [0.4, 0.5) is 5.69 Å². The number of anilines is 1. The Kier molecular flexibility index (Phi) is 3.90. The highest BCUT2D eigenvalue weighted by Gasteiger charge is 2.15. The summed E-state index contributed by atoms with van der Waals surface area (Å²) in [5.74, 6) is -0.626. The smallest absolute Gasteiger partial charge is 0.338 e. The fraction of sp³-hybridized carbons (Fsp3) is 0.0714. The molecule has 106 valence electrons. The van der Waals surface area contributed by atoms with Gasteiger partial charge in [0.15, 0.2) is 11.5 Å². The summed E-state index contributed by atoms with van der Waals surface area (Å²) in [7, 11) is 1.42. The van der Waals surface area contributed by atoms with Gasteiger partial charge in [-0.25, -0.2) is 9.78 Å². The predicted octanol–water partition coefficient (Wildman–Crippen LogP) is 2.03. The third kappa shape index (κ3) is 2.84. The van der Waals surface area contributed by atoms with Crippen LogP contribution in [0.15, 0.2) is 30.5 Å². The largest absolute Gasteiger partial charge is 0.493 e. The molecule has 2 aromatic rings. The number of carboxylic acid groups (broad SMARTS) is 1. The second-order valence-corrected chi connectivity index (χ2v) is 3.96. The maximum Gasteiger partial charge on any atom is 0.338 e. The van der Waals surface area contributed by atoms with Crippen molar-refractivity contribution in [3.05, 3.63) is 41.6 Å². The zero-order valence-corrected chi connectivity index (χ0v) is 11.0. The molecule has 0 aliphatic heterocycles. The van der Waals surface area contributed by atoms with Gasteiger partial charge in [-0.2, -0.15) is 5.26 Å². The molecule has 1 aromatic heterocycles. The van der Waals surface area contributed by atoms with Gasteiger partial charge in [-0.15, -0.1) is 0 Å². The summed E-state index contributed by atoms with van der Waals surface area (Å²) in [6.07, 6.45) is 1.28. The monoisotopic (exact) mass is 285 g/mol. The van der Waals surface area contributed by atoms with Crippen LogP contribution in [0.3, 0.4) is 0 Å². The Labute approximate surface area is 120 Å². The number of pyridine rings is 1. The average Bonchev–Trinajstić information content (AvgIpc) is 2.49. The lowest BCUT2D eigenvalue weighted by Gasteiger charge is -2.12. The number of methoxy groups -OCH3 is 1. The summed E-state index contributed by atoms with van der Waals surface area (Å²) in [4.78, 5) is 14.9. The van der Waals surface area contributed by atoms with Crippen LogP contribution in [0.25, 0.3) is 0 Å². The molecule has 0 saturated heterocycles. The van der Waals surface area contributed by atoms with Crippen LogP contribution in [-0.2, 0) is 0 Å². The van der Waals surface area contributed by atoms with Crippen molar-refractivity contribution in [3.8, 4) is 23.4 Å². The number of hydrogen-bond donors (Lipinski definition) is 2. The first-order valence-corrected chi connectivity index (χ1v) is 5.80. The van der Waals surface area contributed by atoms with Crippen molar-refractivity contribution in [3.63, 3.8) is 0 Å². The van der Waals surface area contributed by atoms with Gasteiger partial charge >= 0.3 is 5.97 Å². The molecule has 3 N–H and O–H groups in total. The molecule has 0 aliphatic carbocycles. The summed E-state index contributed by atoms with van der Waals surface area (Å²) in [5, 5.41) is 17.8. The number of benzene rings is 1. The number of aromatic carboxylic acids is 1. The van der Waals surface area contributed by atoms with Crippen LogP contribution in [0.5, 0.6) is 17.4 Å². The molecule has 1 aromatic carbocycles. The Morgan fingerprint density at radius 2 is 2.14 bits per heavy atom. The number of carboxylic acids is 1. The van der Waals surface area contributed by atoms with Gasteiger partial charge in [0.05, 0.1) is 24.3 Å². The van der Waals surface area contributed by atoms with E-state index in [1.807, 2.05) is 6.07 Å². The molecule has 1 heterocycles. The average molecular weight is 285 g/mol. The molecule has 0 bridgehead atoms. The van der Waals surface area contributed by atoms with Crippen LogP contribution in [0, 0.1) is 11.3 Å². The highest BCUT2D eigenvalue weighted by molar-refractivity contribution is 5.94. The highest BCUT2D eigenvalue weighted by atomic mass is 16.5. The standard InChI is InChI=1S/C14H11N3O4/c1-20-11-6-8(7-15)2-3-10(11)21-13-12(16)9(14(18)19)4-5-17-13/h2-6H,16H2,1H3,(H,18,19). The maximum atomic E-state index is 11.0. The van der Waals surface area contributed by atoms with Gasteiger partial charge < -0.3 is 20.3 Å². The molecule has 0 radical (unpaired) electrons. The van der Waals surface area contributed by atoms with Crippen molar-refractivity contribution in [1.29, 1.82) is 5.26 Å². The molecule has 21 heavy (non-hydrogen) atoms. The SMILES string of the molecule is COc1cc(C#N)ccc1Oc1nccc(C(=O)O)c1N. The summed E-state index contributed by atoms with van der Waals surface area (Å²) >= 11 is 0. The predicted molar refractivity (Wildman–Crippen MR) is 73.4 cm³/mol. The van der Waals surface area contributed by atoms with E-state index in [1.54, 1.807) is 0 Å². The van der Waals surface area contributed by atoms with E-state index in [4.69, 9.17) is 25.6 Å². The van der Waals surface area contributed by atoms with Gasteiger partial charge in [0.1, 0.15) is 5.69 Å². The fourth-order valence-corrected chi connectivity index (χ4v) is 1.65. The minimum Gasteiger partial charge on any atom is -0.493 e. The third-order valence-electron chi connectivity index (χ3n) is 2.68. The summed E-state index contributed by atoms with van der Waals surface area (Å²) in [6.45, 7) is 0. The second-order valence-electron chi connectivity index (χ2n) is 3.96. The van der Waals surface area contributed by atoms with Crippen molar-refractivity contribution in [2.45, 2.75) is 0 Å². The van der Waals surface area contributed by atoms with Gasteiger partial charge in [-0.3, -0.25) is 0 Å². The van der Waals surface area contributed by atoms with Gasteiger partial charge in [0, 0.05) is 12.3 Å². The topological polar surface area (TPSA) is 118 Å². The van der Waals surface area contributed by atoms with E-state index in [0.29, 0.717) is 11.3 Å². The molecule has 0 aliphatic rings. The first-order valence-electron chi connectivity index (χ1n) is 5.80. The minimum absolute atomic E-state index is 0.0436. The molecule has 7 nitrogen and oxygen atoms in total. The lowest BCUT2D eigenvalue weighted by Crippen LogP contribution is -2.05. The number of nitrogen functional groups attached to an aromatic ring is 1. The molecular formula is C14H11N3O4. The lowest BCUT2D eigenvalue weighted by molar-refractivity contribution is 0.0697. The van der Waals surface area contributed by atoms with Crippen LogP contribution >= 0.6 is 0 Å². The van der Waals surface area contributed by atoms with Crippen molar-refractivity contribution in [1.82, 2.24) is 4.98 Å². The van der Waals surface area contributed by atoms with Crippen LogP contribution in [0.1, 0.15) is 15.9 Å². The number of ether oxygens (including phenoxy) is 2.